The molecule has 2 N–H and O–H groups in total. The first-order valence-corrected chi connectivity index (χ1v) is 5.93. The number of aldehydes is 1. The van der Waals surface area contributed by atoms with Gasteiger partial charge in [-0.05, 0) is 0 Å². The maximum absolute atomic E-state index is 11.0. The highest BCUT2D eigenvalue weighted by atomic mass is 32.2. The van der Waals surface area contributed by atoms with Crippen LogP contribution in [-0.2, 0) is 16.6 Å². The third-order valence-electron chi connectivity index (χ3n) is 2.27. The highest BCUT2D eigenvalue weighted by Crippen LogP contribution is 2.36. The minimum absolute atomic E-state index is 0.0192. The second kappa shape index (κ2) is 5.05. The second-order valence-electron chi connectivity index (χ2n) is 3.58. The van der Waals surface area contributed by atoms with Gasteiger partial charge >= 0.3 is 5.97 Å². The third-order valence-corrected chi connectivity index (χ3v) is 3.43. The molecular weight excluding hydrogens is 256 g/mol. The monoisotopic (exact) mass is 266 g/mol. The molecule has 8 heteroatoms. The molecule has 2 rings (SSSR count). The smallest absolute Gasteiger partial charge is 0.352 e. The SMILES string of the molecule is Cn1cc(C2SC=C(C(=O)O)NC=C2C=O)nn1. The summed E-state index contributed by atoms with van der Waals surface area (Å²) in [6.07, 6.45) is 3.75. The molecule has 2 heterocycles. The Hall–Kier alpha value is -2.09. The van der Waals surface area contributed by atoms with Crippen LogP contribution in [0, 0.1) is 0 Å². The molecule has 0 saturated heterocycles. The number of hydrogen-bond acceptors (Lipinski definition) is 6. The van der Waals surface area contributed by atoms with Crippen molar-refractivity contribution in [2.45, 2.75) is 5.25 Å². The fourth-order valence-corrected chi connectivity index (χ4v) is 2.39. The number of rotatable bonds is 3. The van der Waals surface area contributed by atoms with Gasteiger partial charge in [0.15, 0.2) is 0 Å². The molecule has 94 valence electrons. The second-order valence-corrected chi connectivity index (χ2v) is 4.56. The standard InChI is InChI=1S/C10H10N4O3S/c1-14-3-7(12-13-14)9-6(4-15)2-11-8(5-18-9)10(16)17/h2-5,9,11H,1H3,(H,16,17). The van der Waals surface area contributed by atoms with Gasteiger partial charge in [-0.15, -0.1) is 16.9 Å². The zero-order chi connectivity index (χ0) is 13.1. The van der Waals surface area contributed by atoms with E-state index in [1.54, 1.807) is 13.2 Å². The largest absolute Gasteiger partial charge is 0.477 e. The zero-order valence-electron chi connectivity index (χ0n) is 9.40. The van der Waals surface area contributed by atoms with Crippen LogP contribution < -0.4 is 5.32 Å². The summed E-state index contributed by atoms with van der Waals surface area (Å²) in [6.45, 7) is 0. The lowest BCUT2D eigenvalue weighted by atomic mass is 10.2. The number of carbonyl (C=O) groups is 2. The van der Waals surface area contributed by atoms with Crippen molar-refractivity contribution in [1.82, 2.24) is 20.3 Å². The normalized spacial score (nSPS) is 19.3. The van der Waals surface area contributed by atoms with E-state index < -0.39 is 5.97 Å². The number of aromatic nitrogens is 3. The molecule has 0 fully saturated rings. The van der Waals surface area contributed by atoms with E-state index in [9.17, 15) is 9.59 Å². The lowest BCUT2D eigenvalue weighted by Crippen LogP contribution is -2.14. The molecule has 0 aliphatic carbocycles. The number of carboxylic acids is 1. The maximum atomic E-state index is 11.0. The molecule has 1 aliphatic rings. The van der Waals surface area contributed by atoms with E-state index >= 15 is 0 Å². The van der Waals surface area contributed by atoms with E-state index in [1.165, 1.54) is 28.1 Å². The van der Waals surface area contributed by atoms with Gasteiger partial charge in [-0.3, -0.25) is 9.48 Å². The summed E-state index contributed by atoms with van der Waals surface area (Å²) >= 11 is 1.20. The first-order valence-electron chi connectivity index (χ1n) is 4.98. The Kier molecular flexibility index (Phi) is 3.47. The van der Waals surface area contributed by atoms with E-state index in [1.807, 2.05) is 0 Å². The van der Waals surface area contributed by atoms with Crippen LogP contribution in [0.25, 0.3) is 0 Å². The fourth-order valence-electron chi connectivity index (χ4n) is 1.42. The quantitative estimate of drug-likeness (QED) is 0.754. The van der Waals surface area contributed by atoms with Gasteiger partial charge in [-0.2, -0.15) is 0 Å². The Morgan fingerprint density at radius 1 is 1.67 bits per heavy atom. The van der Waals surface area contributed by atoms with Gasteiger partial charge in [-0.1, -0.05) is 5.21 Å². The van der Waals surface area contributed by atoms with Crippen molar-refractivity contribution in [3.63, 3.8) is 0 Å². The van der Waals surface area contributed by atoms with Crippen molar-refractivity contribution in [3.05, 3.63) is 34.8 Å². The number of carboxylic acid groups (broad SMARTS) is 1. The highest BCUT2D eigenvalue weighted by Gasteiger charge is 2.23. The number of hydrogen-bond donors (Lipinski definition) is 2. The van der Waals surface area contributed by atoms with E-state index in [-0.39, 0.29) is 10.9 Å². The van der Waals surface area contributed by atoms with Gasteiger partial charge in [0.1, 0.15) is 17.7 Å². The molecule has 0 bridgehead atoms. The number of nitrogens with one attached hydrogen (secondary N) is 1. The van der Waals surface area contributed by atoms with Crippen molar-refractivity contribution in [2.24, 2.45) is 7.05 Å². The lowest BCUT2D eigenvalue weighted by molar-refractivity contribution is -0.133. The third kappa shape index (κ3) is 2.43. The average molecular weight is 266 g/mol. The summed E-state index contributed by atoms with van der Waals surface area (Å²) in [4.78, 5) is 21.9. The van der Waals surface area contributed by atoms with E-state index in [4.69, 9.17) is 5.11 Å². The lowest BCUT2D eigenvalue weighted by Gasteiger charge is -2.08. The van der Waals surface area contributed by atoms with Crippen LogP contribution in [0.5, 0.6) is 0 Å². The Balaban J connectivity index is 2.34. The van der Waals surface area contributed by atoms with Crippen LogP contribution in [0.15, 0.2) is 29.1 Å². The number of thioether (sulfide) groups is 1. The number of carbonyl (C=O) groups excluding carboxylic acids is 1. The molecule has 0 aromatic carbocycles. The molecule has 1 unspecified atom stereocenters. The first-order chi connectivity index (χ1) is 8.61. The minimum atomic E-state index is -1.08. The molecule has 1 aromatic rings. The Morgan fingerprint density at radius 3 is 3.00 bits per heavy atom. The molecule has 0 saturated carbocycles. The predicted molar refractivity (Wildman–Crippen MR) is 64.3 cm³/mol. The maximum Gasteiger partial charge on any atom is 0.352 e. The van der Waals surface area contributed by atoms with Crippen LogP contribution in [0.3, 0.4) is 0 Å². The molecule has 0 amide bonds. The molecule has 1 atom stereocenters. The minimum Gasteiger partial charge on any atom is -0.477 e. The summed E-state index contributed by atoms with van der Waals surface area (Å²) in [7, 11) is 1.72. The van der Waals surface area contributed by atoms with Crippen LogP contribution in [0.1, 0.15) is 10.9 Å². The van der Waals surface area contributed by atoms with Crippen LogP contribution in [-0.4, -0.2) is 32.4 Å². The van der Waals surface area contributed by atoms with Gasteiger partial charge in [0.05, 0.1) is 5.25 Å². The van der Waals surface area contributed by atoms with Crippen molar-refractivity contribution in [2.75, 3.05) is 0 Å². The topological polar surface area (TPSA) is 97.1 Å². The van der Waals surface area contributed by atoms with Crippen LogP contribution in [0.4, 0.5) is 0 Å². The zero-order valence-corrected chi connectivity index (χ0v) is 10.2. The highest BCUT2D eigenvalue weighted by molar-refractivity contribution is 8.02. The number of aliphatic carboxylic acids is 1. The average Bonchev–Trinajstić information content (AvgIpc) is 2.65. The Bertz CT molecular complexity index is 549. The summed E-state index contributed by atoms with van der Waals surface area (Å²) in [5.74, 6) is -1.08. The van der Waals surface area contributed by atoms with Gasteiger partial charge in [0.25, 0.3) is 0 Å². The Morgan fingerprint density at radius 2 is 2.44 bits per heavy atom. The van der Waals surface area contributed by atoms with Crippen LogP contribution >= 0.6 is 11.8 Å². The summed E-state index contributed by atoms with van der Waals surface area (Å²) < 4.78 is 1.53. The van der Waals surface area contributed by atoms with Crippen LogP contribution in [0.2, 0.25) is 0 Å². The number of aryl methyl sites for hydroxylation is 1. The molecule has 0 radical (unpaired) electrons. The molecular formula is C10H10N4O3S. The van der Waals surface area contributed by atoms with Crippen molar-refractivity contribution in [3.8, 4) is 0 Å². The molecule has 18 heavy (non-hydrogen) atoms. The van der Waals surface area contributed by atoms with Crippen molar-refractivity contribution in [1.29, 1.82) is 0 Å². The van der Waals surface area contributed by atoms with E-state index in [0.29, 0.717) is 17.6 Å². The summed E-state index contributed by atoms with van der Waals surface area (Å²) in [6, 6.07) is 0. The van der Waals surface area contributed by atoms with Crippen molar-refractivity contribution < 1.29 is 14.7 Å². The first kappa shape index (κ1) is 12.4. The van der Waals surface area contributed by atoms with E-state index in [2.05, 4.69) is 15.6 Å². The number of nitrogens with zero attached hydrogens (tertiary/aromatic N) is 3. The summed E-state index contributed by atoms with van der Waals surface area (Å²) in [5.41, 5.74) is 1.03. The van der Waals surface area contributed by atoms with Gasteiger partial charge in [0.2, 0.25) is 0 Å². The van der Waals surface area contributed by atoms with Gasteiger partial charge in [-0.25, -0.2) is 4.79 Å². The molecule has 1 aliphatic heterocycles. The molecule has 7 nitrogen and oxygen atoms in total. The predicted octanol–water partition coefficient (Wildman–Crippen LogP) is 0.201. The van der Waals surface area contributed by atoms with Gasteiger partial charge in [0, 0.05) is 30.4 Å². The molecule has 1 aromatic heterocycles. The fraction of sp³-hybridized carbons (Fsp3) is 0.200. The summed E-state index contributed by atoms with van der Waals surface area (Å²) in [5, 5.41) is 20.3. The Labute approximate surface area is 107 Å². The molecule has 0 spiro atoms. The van der Waals surface area contributed by atoms with E-state index in [0.717, 1.165) is 0 Å². The van der Waals surface area contributed by atoms with Crippen molar-refractivity contribution >= 4 is 24.0 Å². The van der Waals surface area contributed by atoms with Gasteiger partial charge < -0.3 is 10.4 Å².